The molecule has 1 atom stereocenters. The van der Waals surface area contributed by atoms with E-state index in [-0.39, 0.29) is 10.0 Å². The van der Waals surface area contributed by atoms with Gasteiger partial charge in [0.2, 0.25) is 0 Å². The number of aliphatic hydroxyl groups is 1. The molecule has 0 amide bonds. The van der Waals surface area contributed by atoms with E-state index in [9.17, 15) is 18.3 Å². The van der Waals surface area contributed by atoms with Crippen LogP contribution < -0.4 is 0 Å². The molecule has 2 nitrogen and oxygen atoms in total. The topological polar surface area (TPSA) is 36.0 Å². The van der Waals surface area contributed by atoms with Crippen molar-refractivity contribution in [2.75, 3.05) is 0 Å². The normalized spacial score (nSPS) is 13.5. The van der Waals surface area contributed by atoms with Crippen LogP contribution in [0.3, 0.4) is 0 Å². The lowest BCUT2D eigenvalue weighted by molar-refractivity contribution is -0.138. The molecule has 0 aliphatic heterocycles. The van der Waals surface area contributed by atoms with Crippen molar-refractivity contribution in [1.29, 1.82) is 0 Å². The van der Waals surface area contributed by atoms with Crippen LogP contribution in [0, 0.1) is 20.8 Å². The number of aryl methyl sites for hydroxylation is 1. The number of H-pyrrole nitrogens is 1. The summed E-state index contributed by atoms with van der Waals surface area (Å²) in [5.74, 6) is 0. The number of alkyl halides is 3. The molecule has 0 fully saturated rings. The van der Waals surface area contributed by atoms with Gasteiger partial charge in [-0.2, -0.15) is 13.2 Å². The minimum Gasteiger partial charge on any atom is -0.382 e. The van der Waals surface area contributed by atoms with E-state index in [0.29, 0.717) is 5.69 Å². The van der Waals surface area contributed by atoms with Gasteiger partial charge in [-0.1, -0.05) is 22.0 Å². The van der Waals surface area contributed by atoms with Gasteiger partial charge in [-0.3, -0.25) is 0 Å². The van der Waals surface area contributed by atoms with E-state index in [0.717, 1.165) is 22.9 Å². The van der Waals surface area contributed by atoms with Gasteiger partial charge in [-0.25, -0.2) is 0 Å². The molecule has 0 aliphatic rings. The van der Waals surface area contributed by atoms with Gasteiger partial charge < -0.3 is 10.1 Å². The maximum absolute atomic E-state index is 12.9. The fourth-order valence-electron chi connectivity index (χ4n) is 2.24. The van der Waals surface area contributed by atoms with Crippen molar-refractivity contribution in [2.45, 2.75) is 33.1 Å². The number of benzene rings is 1. The minimum absolute atomic E-state index is 0.0403. The predicted octanol–water partition coefficient (Wildman–Crippen LogP) is 4.80. The summed E-state index contributed by atoms with van der Waals surface area (Å²) in [5, 5.41) is 10.4. The molecule has 1 aromatic heterocycles. The first-order valence-corrected chi connectivity index (χ1v) is 7.12. The predicted molar refractivity (Wildman–Crippen MR) is 78.2 cm³/mol. The molecule has 1 unspecified atom stereocenters. The third-order valence-corrected chi connectivity index (χ3v) is 4.43. The number of aliphatic hydroxyl groups excluding tert-OH is 1. The first-order valence-electron chi connectivity index (χ1n) is 6.33. The van der Waals surface area contributed by atoms with Crippen LogP contribution in [-0.2, 0) is 6.18 Å². The van der Waals surface area contributed by atoms with Crippen molar-refractivity contribution in [3.63, 3.8) is 0 Å². The standard InChI is InChI=1S/C15H15BrF3NO/c1-7-8(2)13(20-9(7)3)14(21)10-4-5-12(16)11(6-10)15(17,18)19/h4-6,14,20-21H,1-3H3. The highest BCUT2D eigenvalue weighted by atomic mass is 79.9. The number of nitrogens with one attached hydrogen (secondary N) is 1. The number of hydrogen-bond donors (Lipinski definition) is 2. The van der Waals surface area contributed by atoms with Crippen LogP contribution in [0.1, 0.15) is 39.7 Å². The lowest BCUT2D eigenvalue weighted by Gasteiger charge is -2.15. The van der Waals surface area contributed by atoms with Crippen LogP contribution in [0.25, 0.3) is 0 Å². The molecule has 0 radical (unpaired) electrons. The molecule has 6 heteroatoms. The number of hydrogen-bond acceptors (Lipinski definition) is 1. The zero-order chi connectivity index (χ0) is 15.9. The number of aromatic nitrogens is 1. The van der Waals surface area contributed by atoms with Gasteiger partial charge in [0, 0.05) is 10.2 Å². The van der Waals surface area contributed by atoms with Crippen LogP contribution in [0.4, 0.5) is 13.2 Å². The van der Waals surface area contributed by atoms with Crippen molar-refractivity contribution >= 4 is 15.9 Å². The molecule has 1 heterocycles. The van der Waals surface area contributed by atoms with Crippen LogP contribution in [0.2, 0.25) is 0 Å². The molecule has 0 saturated carbocycles. The third-order valence-electron chi connectivity index (χ3n) is 3.74. The Morgan fingerprint density at radius 3 is 2.24 bits per heavy atom. The highest BCUT2D eigenvalue weighted by molar-refractivity contribution is 9.10. The summed E-state index contributed by atoms with van der Waals surface area (Å²) in [4.78, 5) is 3.04. The lowest BCUT2D eigenvalue weighted by Crippen LogP contribution is -2.09. The molecule has 21 heavy (non-hydrogen) atoms. The Morgan fingerprint density at radius 2 is 1.76 bits per heavy atom. The molecule has 0 aliphatic carbocycles. The average molecular weight is 362 g/mol. The van der Waals surface area contributed by atoms with Crippen LogP contribution in [-0.4, -0.2) is 10.1 Å². The van der Waals surface area contributed by atoms with Crippen LogP contribution in [0.15, 0.2) is 22.7 Å². The number of rotatable bonds is 2. The first-order chi connectivity index (χ1) is 9.62. The van der Waals surface area contributed by atoms with E-state index in [4.69, 9.17) is 0 Å². The van der Waals surface area contributed by atoms with E-state index >= 15 is 0 Å². The smallest absolute Gasteiger partial charge is 0.382 e. The molecule has 0 bridgehead atoms. The Balaban J connectivity index is 2.49. The minimum atomic E-state index is -4.47. The summed E-state index contributed by atoms with van der Waals surface area (Å²) in [5.41, 5.74) is 2.69. The zero-order valence-corrected chi connectivity index (χ0v) is 13.4. The zero-order valence-electron chi connectivity index (χ0n) is 11.8. The summed E-state index contributed by atoms with van der Waals surface area (Å²) in [6, 6.07) is 3.76. The van der Waals surface area contributed by atoms with E-state index in [1.807, 2.05) is 20.8 Å². The fourth-order valence-corrected chi connectivity index (χ4v) is 2.71. The van der Waals surface area contributed by atoms with Gasteiger partial charge in [-0.05, 0) is 49.6 Å². The quantitative estimate of drug-likeness (QED) is 0.791. The second-order valence-electron chi connectivity index (χ2n) is 5.05. The summed E-state index contributed by atoms with van der Waals surface area (Å²) in [7, 11) is 0. The molecule has 1 aromatic carbocycles. The molecule has 0 spiro atoms. The van der Waals surface area contributed by atoms with Gasteiger partial charge in [0.15, 0.2) is 0 Å². The summed E-state index contributed by atoms with van der Waals surface area (Å²) < 4.78 is 38.7. The SMILES string of the molecule is Cc1[nH]c(C(O)c2ccc(Br)c(C(F)(F)F)c2)c(C)c1C. The van der Waals surface area contributed by atoms with Crippen molar-refractivity contribution in [3.8, 4) is 0 Å². The lowest BCUT2D eigenvalue weighted by atomic mass is 10.0. The van der Waals surface area contributed by atoms with Crippen molar-refractivity contribution < 1.29 is 18.3 Å². The van der Waals surface area contributed by atoms with Gasteiger partial charge in [0.1, 0.15) is 6.10 Å². The van der Waals surface area contributed by atoms with Gasteiger partial charge in [-0.15, -0.1) is 0 Å². The Hall–Kier alpha value is -1.27. The monoisotopic (exact) mass is 361 g/mol. The molecule has 2 aromatic rings. The summed E-state index contributed by atoms with van der Waals surface area (Å²) >= 11 is 2.89. The fraction of sp³-hybridized carbons (Fsp3) is 0.333. The largest absolute Gasteiger partial charge is 0.417 e. The van der Waals surface area contributed by atoms with Crippen molar-refractivity contribution in [3.05, 3.63) is 56.3 Å². The summed E-state index contributed by atoms with van der Waals surface area (Å²) in [6.07, 6.45) is -5.59. The van der Waals surface area contributed by atoms with Gasteiger partial charge in [0.25, 0.3) is 0 Å². The molecular weight excluding hydrogens is 347 g/mol. The summed E-state index contributed by atoms with van der Waals surface area (Å²) in [6.45, 7) is 5.60. The van der Waals surface area contributed by atoms with Gasteiger partial charge in [0.05, 0.1) is 11.3 Å². The second-order valence-corrected chi connectivity index (χ2v) is 5.91. The van der Waals surface area contributed by atoms with Crippen LogP contribution in [0.5, 0.6) is 0 Å². The second kappa shape index (κ2) is 5.50. The molecule has 2 N–H and O–H groups in total. The van der Waals surface area contributed by atoms with Crippen molar-refractivity contribution in [2.24, 2.45) is 0 Å². The van der Waals surface area contributed by atoms with E-state index in [2.05, 4.69) is 20.9 Å². The molecule has 2 rings (SSSR count). The molecule has 0 saturated heterocycles. The van der Waals surface area contributed by atoms with Gasteiger partial charge >= 0.3 is 6.18 Å². The Kier molecular flexibility index (Phi) is 4.22. The highest BCUT2D eigenvalue weighted by Crippen LogP contribution is 2.37. The highest BCUT2D eigenvalue weighted by Gasteiger charge is 2.34. The number of aromatic amines is 1. The van der Waals surface area contributed by atoms with E-state index in [1.54, 1.807) is 0 Å². The Morgan fingerprint density at radius 1 is 1.14 bits per heavy atom. The maximum Gasteiger partial charge on any atom is 0.417 e. The molecule has 114 valence electrons. The average Bonchev–Trinajstić information content (AvgIpc) is 2.65. The Labute approximate surface area is 129 Å². The third kappa shape index (κ3) is 3.01. The Bertz CT molecular complexity index is 676. The van der Waals surface area contributed by atoms with E-state index < -0.39 is 17.8 Å². The van der Waals surface area contributed by atoms with Crippen molar-refractivity contribution in [1.82, 2.24) is 4.98 Å². The van der Waals surface area contributed by atoms with Crippen LogP contribution >= 0.6 is 15.9 Å². The number of halogens is 4. The first kappa shape index (κ1) is 16.1. The maximum atomic E-state index is 12.9. The molecular formula is C15H15BrF3NO. The van der Waals surface area contributed by atoms with E-state index in [1.165, 1.54) is 12.1 Å².